The number of carboxylic acid groups (broad SMARTS) is 1. The number of nitrogens with one attached hydrogen (secondary N) is 1. The van der Waals surface area contributed by atoms with Crippen molar-refractivity contribution in [3.8, 4) is 0 Å². The van der Waals surface area contributed by atoms with Crippen molar-refractivity contribution in [3.63, 3.8) is 0 Å². The first-order chi connectivity index (χ1) is 6.80. The van der Waals surface area contributed by atoms with E-state index < -0.39 is 16.8 Å². The van der Waals surface area contributed by atoms with Crippen molar-refractivity contribution >= 4 is 23.6 Å². The number of carboxylic acids is 1. The molecule has 1 rings (SSSR count). The average Bonchev–Trinajstić information content (AvgIpc) is 2.84. The Morgan fingerprint density at radius 2 is 1.93 bits per heavy atom. The van der Waals surface area contributed by atoms with E-state index in [1.807, 2.05) is 0 Å². The number of aliphatic carboxylic acids is 1. The van der Waals surface area contributed by atoms with Crippen LogP contribution in [-0.2, 0) is 9.59 Å². The van der Waals surface area contributed by atoms with E-state index in [1.165, 1.54) is 11.8 Å². The van der Waals surface area contributed by atoms with Gasteiger partial charge < -0.3 is 10.4 Å². The van der Waals surface area contributed by atoms with E-state index in [0.717, 1.165) is 12.8 Å². The lowest BCUT2D eigenvalue weighted by Crippen LogP contribution is -2.44. The predicted octanol–water partition coefficient (Wildman–Crippen LogP) is 1.46. The number of hydrogen-bond acceptors (Lipinski definition) is 3. The Labute approximate surface area is 93.8 Å². The van der Waals surface area contributed by atoms with Crippen LogP contribution in [0.1, 0.15) is 33.6 Å². The van der Waals surface area contributed by atoms with Crippen LogP contribution in [0.3, 0.4) is 0 Å². The van der Waals surface area contributed by atoms with Crippen LogP contribution in [0.4, 0.5) is 0 Å². The molecule has 1 atom stereocenters. The number of rotatable bonds is 4. The van der Waals surface area contributed by atoms with Crippen molar-refractivity contribution in [1.82, 2.24) is 5.32 Å². The van der Waals surface area contributed by atoms with Gasteiger partial charge in [0.2, 0.25) is 5.91 Å². The Morgan fingerprint density at radius 1 is 1.40 bits per heavy atom. The Hall–Kier alpha value is -0.710. The van der Waals surface area contributed by atoms with Crippen LogP contribution < -0.4 is 5.32 Å². The van der Waals surface area contributed by atoms with Gasteiger partial charge in [-0.05, 0) is 12.8 Å². The second kappa shape index (κ2) is 4.43. The van der Waals surface area contributed by atoms with Gasteiger partial charge in [0.1, 0.15) is 0 Å². The standard InChI is InChI=1S/C10H17NO3S/c1-10(2,3)9(14)11-7(8(12)13)15-6-4-5-6/h6-7H,4-5H2,1-3H3,(H,11,14)(H,12,13). The van der Waals surface area contributed by atoms with E-state index in [0.29, 0.717) is 5.25 Å². The van der Waals surface area contributed by atoms with Gasteiger partial charge in [-0.3, -0.25) is 4.79 Å². The maximum atomic E-state index is 11.6. The summed E-state index contributed by atoms with van der Waals surface area (Å²) in [4.78, 5) is 22.5. The first-order valence-corrected chi connectivity index (χ1v) is 5.94. The summed E-state index contributed by atoms with van der Waals surface area (Å²) < 4.78 is 0. The largest absolute Gasteiger partial charge is 0.479 e. The number of amides is 1. The molecule has 0 saturated heterocycles. The van der Waals surface area contributed by atoms with Crippen LogP contribution in [0.5, 0.6) is 0 Å². The summed E-state index contributed by atoms with van der Waals surface area (Å²) in [6.07, 6.45) is 2.11. The molecule has 1 saturated carbocycles. The molecule has 2 N–H and O–H groups in total. The van der Waals surface area contributed by atoms with Crippen LogP contribution in [0, 0.1) is 5.41 Å². The number of carbonyl (C=O) groups is 2. The molecule has 0 aromatic rings. The molecule has 4 nitrogen and oxygen atoms in total. The van der Waals surface area contributed by atoms with Crippen molar-refractivity contribution in [2.75, 3.05) is 0 Å². The molecule has 0 aromatic carbocycles. The first-order valence-electron chi connectivity index (χ1n) is 5.00. The highest BCUT2D eigenvalue weighted by atomic mass is 32.2. The van der Waals surface area contributed by atoms with E-state index in [9.17, 15) is 9.59 Å². The van der Waals surface area contributed by atoms with Crippen LogP contribution >= 0.6 is 11.8 Å². The summed E-state index contributed by atoms with van der Waals surface area (Å²) in [5.74, 6) is -1.19. The summed E-state index contributed by atoms with van der Waals surface area (Å²) in [5.41, 5.74) is -0.544. The molecule has 1 aliphatic rings. The first kappa shape index (κ1) is 12.4. The second-order valence-corrected chi connectivity index (χ2v) is 6.19. The van der Waals surface area contributed by atoms with Gasteiger partial charge in [-0.2, -0.15) is 0 Å². The highest BCUT2D eigenvalue weighted by Crippen LogP contribution is 2.36. The van der Waals surface area contributed by atoms with Crippen molar-refractivity contribution < 1.29 is 14.7 Å². The van der Waals surface area contributed by atoms with Crippen LogP contribution in [0.2, 0.25) is 0 Å². The minimum absolute atomic E-state index is 0.219. The molecule has 0 aromatic heterocycles. The van der Waals surface area contributed by atoms with Gasteiger partial charge in [0.25, 0.3) is 0 Å². The third-order valence-corrected chi connectivity index (χ3v) is 3.47. The van der Waals surface area contributed by atoms with E-state index in [4.69, 9.17) is 5.11 Å². The quantitative estimate of drug-likeness (QED) is 0.719. The lowest BCUT2D eigenvalue weighted by Gasteiger charge is -2.21. The molecule has 1 aliphatic carbocycles. The molecule has 1 unspecified atom stereocenters. The summed E-state index contributed by atoms with van der Waals surface area (Å²) in [5, 5.41) is 11.1. The third-order valence-electron chi connectivity index (χ3n) is 2.02. The summed E-state index contributed by atoms with van der Waals surface area (Å²) in [6, 6.07) is 0. The maximum Gasteiger partial charge on any atom is 0.336 e. The molecule has 1 amide bonds. The molecular weight excluding hydrogens is 214 g/mol. The number of carbonyl (C=O) groups excluding carboxylic acids is 1. The van der Waals surface area contributed by atoms with Crippen molar-refractivity contribution in [1.29, 1.82) is 0 Å². The van der Waals surface area contributed by atoms with Crippen molar-refractivity contribution in [2.45, 2.75) is 44.2 Å². The fourth-order valence-electron chi connectivity index (χ4n) is 0.886. The van der Waals surface area contributed by atoms with E-state index >= 15 is 0 Å². The van der Waals surface area contributed by atoms with Gasteiger partial charge >= 0.3 is 5.97 Å². The minimum atomic E-state index is -0.968. The average molecular weight is 231 g/mol. The van der Waals surface area contributed by atoms with E-state index in [1.54, 1.807) is 20.8 Å². The van der Waals surface area contributed by atoms with Crippen molar-refractivity contribution in [3.05, 3.63) is 0 Å². The summed E-state index contributed by atoms with van der Waals surface area (Å²) in [7, 11) is 0. The maximum absolute atomic E-state index is 11.6. The van der Waals surface area contributed by atoms with Crippen molar-refractivity contribution in [2.24, 2.45) is 5.41 Å². The van der Waals surface area contributed by atoms with Gasteiger partial charge in [0.15, 0.2) is 5.37 Å². The minimum Gasteiger partial charge on any atom is -0.479 e. The molecule has 86 valence electrons. The van der Waals surface area contributed by atoms with Gasteiger partial charge in [-0.25, -0.2) is 4.79 Å². The fourth-order valence-corrected chi connectivity index (χ4v) is 1.97. The summed E-state index contributed by atoms with van der Waals surface area (Å²) >= 11 is 1.33. The Bertz CT molecular complexity index is 268. The van der Waals surface area contributed by atoms with Gasteiger partial charge in [-0.15, -0.1) is 11.8 Å². The predicted molar refractivity (Wildman–Crippen MR) is 59.6 cm³/mol. The molecule has 1 fully saturated rings. The third kappa shape index (κ3) is 4.11. The lowest BCUT2D eigenvalue weighted by molar-refractivity contribution is -0.140. The monoisotopic (exact) mass is 231 g/mol. The normalized spacial score (nSPS) is 18.3. The molecule has 0 aliphatic heterocycles. The molecule has 0 radical (unpaired) electrons. The van der Waals surface area contributed by atoms with Crippen LogP contribution in [0.15, 0.2) is 0 Å². The Kier molecular flexibility index (Phi) is 3.65. The Morgan fingerprint density at radius 3 is 2.27 bits per heavy atom. The number of thioether (sulfide) groups is 1. The highest BCUT2D eigenvalue weighted by Gasteiger charge is 2.33. The molecule has 0 bridgehead atoms. The summed E-state index contributed by atoms with van der Waals surface area (Å²) in [6.45, 7) is 5.30. The van der Waals surface area contributed by atoms with Gasteiger partial charge in [0.05, 0.1) is 0 Å². The number of hydrogen-bond donors (Lipinski definition) is 2. The molecule has 15 heavy (non-hydrogen) atoms. The molecule has 0 heterocycles. The highest BCUT2D eigenvalue weighted by molar-refractivity contribution is 8.01. The molecule has 0 spiro atoms. The Balaban J connectivity index is 2.50. The topological polar surface area (TPSA) is 66.4 Å². The molecule has 5 heteroatoms. The van der Waals surface area contributed by atoms with Crippen LogP contribution in [-0.4, -0.2) is 27.6 Å². The van der Waals surface area contributed by atoms with Crippen LogP contribution in [0.25, 0.3) is 0 Å². The second-order valence-electron chi connectivity index (χ2n) is 4.78. The zero-order chi connectivity index (χ0) is 11.6. The van der Waals surface area contributed by atoms with E-state index in [-0.39, 0.29) is 5.91 Å². The fraction of sp³-hybridized carbons (Fsp3) is 0.800. The zero-order valence-corrected chi connectivity index (χ0v) is 10.1. The lowest BCUT2D eigenvalue weighted by atomic mass is 9.96. The van der Waals surface area contributed by atoms with E-state index in [2.05, 4.69) is 5.32 Å². The smallest absolute Gasteiger partial charge is 0.336 e. The van der Waals surface area contributed by atoms with Gasteiger partial charge in [-0.1, -0.05) is 20.8 Å². The SMILES string of the molecule is CC(C)(C)C(=O)NC(SC1CC1)C(=O)O. The van der Waals surface area contributed by atoms with Gasteiger partial charge in [0, 0.05) is 10.7 Å². The molecular formula is C10H17NO3S. The zero-order valence-electron chi connectivity index (χ0n) is 9.24.